The first kappa shape index (κ1) is 22.1. The molecule has 35 heavy (non-hydrogen) atoms. The molecule has 0 unspecified atom stereocenters. The molecule has 180 valence electrons. The molecular formula is C30H30O5. The van der Waals surface area contributed by atoms with E-state index in [9.17, 15) is 0 Å². The summed E-state index contributed by atoms with van der Waals surface area (Å²) in [6, 6.07) is 18.5. The predicted molar refractivity (Wildman–Crippen MR) is 135 cm³/mol. The molecule has 0 spiro atoms. The van der Waals surface area contributed by atoms with Gasteiger partial charge in [-0.2, -0.15) is 0 Å². The van der Waals surface area contributed by atoms with Crippen molar-refractivity contribution in [3.05, 3.63) is 88.5 Å². The monoisotopic (exact) mass is 470 g/mol. The van der Waals surface area contributed by atoms with E-state index in [2.05, 4.69) is 56.3 Å². The van der Waals surface area contributed by atoms with Crippen molar-refractivity contribution in [3.63, 3.8) is 0 Å². The van der Waals surface area contributed by atoms with Gasteiger partial charge in [-0.3, -0.25) is 0 Å². The maximum Gasteiger partial charge on any atom is 0.142 e. The zero-order valence-corrected chi connectivity index (χ0v) is 20.5. The molecule has 0 aliphatic carbocycles. The molecule has 3 aromatic rings. The van der Waals surface area contributed by atoms with Crippen LogP contribution in [0.2, 0.25) is 0 Å². The molecule has 0 amide bonds. The summed E-state index contributed by atoms with van der Waals surface area (Å²) in [4.78, 5) is 0. The SMILES string of the molecule is COc1cc2c(cc1C)OC[C@H]1Oc3c(ccc4c3C=CC(C)(C)O4)[C@@H](OCc3ccccc3)[C@@H]21. The van der Waals surface area contributed by atoms with E-state index in [1.807, 2.05) is 31.2 Å². The van der Waals surface area contributed by atoms with E-state index in [1.54, 1.807) is 7.11 Å². The summed E-state index contributed by atoms with van der Waals surface area (Å²) in [5, 5.41) is 0. The van der Waals surface area contributed by atoms with Crippen LogP contribution in [-0.4, -0.2) is 25.4 Å². The van der Waals surface area contributed by atoms with Gasteiger partial charge in [0.2, 0.25) is 0 Å². The summed E-state index contributed by atoms with van der Waals surface area (Å²) in [5.74, 6) is 3.32. The maximum absolute atomic E-state index is 6.72. The number of rotatable bonds is 4. The Balaban J connectivity index is 1.47. The van der Waals surface area contributed by atoms with Gasteiger partial charge >= 0.3 is 0 Å². The number of hydrogen-bond donors (Lipinski definition) is 0. The molecule has 0 radical (unpaired) electrons. The van der Waals surface area contributed by atoms with E-state index >= 15 is 0 Å². The second-order valence-electron chi connectivity index (χ2n) is 10.0. The van der Waals surface area contributed by atoms with Gasteiger partial charge in [-0.1, -0.05) is 30.3 Å². The summed E-state index contributed by atoms with van der Waals surface area (Å²) in [6.45, 7) is 7.09. The first-order chi connectivity index (χ1) is 16.9. The number of aryl methyl sites for hydroxylation is 1. The van der Waals surface area contributed by atoms with Crippen LogP contribution >= 0.6 is 0 Å². The van der Waals surface area contributed by atoms with Gasteiger partial charge in [-0.15, -0.1) is 0 Å². The average Bonchev–Trinajstić information content (AvgIpc) is 2.85. The van der Waals surface area contributed by atoms with Gasteiger partial charge in [0.25, 0.3) is 0 Å². The van der Waals surface area contributed by atoms with Crippen molar-refractivity contribution in [2.24, 2.45) is 0 Å². The van der Waals surface area contributed by atoms with E-state index in [-0.39, 0.29) is 23.7 Å². The van der Waals surface area contributed by atoms with Crippen molar-refractivity contribution in [1.29, 1.82) is 0 Å². The number of fused-ring (bicyclic) bond motifs is 6. The Kier molecular flexibility index (Phi) is 5.26. The van der Waals surface area contributed by atoms with E-state index in [4.69, 9.17) is 23.7 Å². The van der Waals surface area contributed by atoms with Crippen molar-refractivity contribution in [2.75, 3.05) is 13.7 Å². The second kappa shape index (κ2) is 8.35. The van der Waals surface area contributed by atoms with Gasteiger partial charge in [-0.05, 0) is 68.3 Å². The van der Waals surface area contributed by atoms with Crippen molar-refractivity contribution in [2.45, 2.75) is 51.1 Å². The van der Waals surface area contributed by atoms with Crippen LogP contribution in [0.15, 0.2) is 60.7 Å². The summed E-state index contributed by atoms with van der Waals surface area (Å²) in [6.07, 6.45) is 3.77. The third-order valence-electron chi connectivity index (χ3n) is 7.08. The zero-order valence-electron chi connectivity index (χ0n) is 20.5. The number of ether oxygens (including phenoxy) is 5. The normalized spacial score (nSPS) is 22.9. The van der Waals surface area contributed by atoms with Crippen LogP contribution in [0, 0.1) is 6.92 Å². The lowest BCUT2D eigenvalue weighted by Gasteiger charge is -2.44. The van der Waals surface area contributed by atoms with Crippen LogP contribution in [0.1, 0.15) is 53.7 Å². The summed E-state index contributed by atoms with van der Waals surface area (Å²) < 4.78 is 31.5. The molecule has 3 atom stereocenters. The van der Waals surface area contributed by atoms with Crippen molar-refractivity contribution < 1.29 is 23.7 Å². The fourth-order valence-electron chi connectivity index (χ4n) is 5.32. The maximum atomic E-state index is 6.72. The highest BCUT2D eigenvalue weighted by Crippen LogP contribution is 2.54. The van der Waals surface area contributed by atoms with Gasteiger partial charge in [0, 0.05) is 11.1 Å². The molecule has 3 aromatic carbocycles. The van der Waals surface area contributed by atoms with Gasteiger partial charge in [0.15, 0.2) is 0 Å². The highest BCUT2D eigenvalue weighted by molar-refractivity contribution is 5.70. The van der Waals surface area contributed by atoms with Crippen LogP contribution < -0.4 is 18.9 Å². The lowest BCUT2D eigenvalue weighted by Crippen LogP contribution is -2.43. The minimum atomic E-state index is -0.358. The molecule has 0 bridgehead atoms. The Morgan fingerprint density at radius 1 is 1.00 bits per heavy atom. The molecular weight excluding hydrogens is 440 g/mol. The molecule has 0 fully saturated rings. The Hall–Kier alpha value is -3.44. The van der Waals surface area contributed by atoms with Crippen LogP contribution in [0.3, 0.4) is 0 Å². The summed E-state index contributed by atoms with van der Waals surface area (Å²) >= 11 is 0. The number of hydrogen-bond acceptors (Lipinski definition) is 5. The minimum absolute atomic E-state index is 0.0348. The smallest absolute Gasteiger partial charge is 0.142 e. The van der Waals surface area contributed by atoms with Crippen LogP contribution in [0.4, 0.5) is 0 Å². The lowest BCUT2D eigenvalue weighted by molar-refractivity contribution is -0.0477. The van der Waals surface area contributed by atoms with E-state index in [0.29, 0.717) is 13.2 Å². The van der Waals surface area contributed by atoms with Crippen LogP contribution in [0.5, 0.6) is 23.0 Å². The standard InChI is InChI=1S/C30H30O5/c1-18-14-25-22(15-24(18)31-4)27-26(17-32-25)34-28-20-12-13-30(2,3)35-23(20)11-10-21(28)29(27)33-16-19-8-6-5-7-9-19/h5-15,26-27,29H,16-17H2,1-4H3/t26-,27+,29-/m1/s1. The molecule has 0 aromatic heterocycles. The minimum Gasteiger partial charge on any atom is -0.496 e. The zero-order chi connectivity index (χ0) is 24.2. The quantitative estimate of drug-likeness (QED) is 0.443. The molecule has 3 aliphatic heterocycles. The van der Waals surface area contributed by atoms with E-state index in [0.717, 1.165) is 50.8 Å². The molecule has 6 rings (SSSR count). The van der Waals surface area contributed by atoms with Gasteiger partial charge in [-0.25, -0.2) is 0 Å². The number of benzene rings is 3. The fraction of sp³-hybridized carbons (Fsp3) is 0.333. The van der Waals surface area contributed by atoms with Crippen molar-refractivity contribution >= 4 is 6.08 Å². The average molecular weight is 471 g/mol. The first-order valence-corrected chi connectivity index (χ1v) is 12.1. The Morgan fingerprint density at radius 2 is 1.83 bits per heavy atom. The number of methoxy groups -OCH3 is 1. The third kappa shape index (κ3) is 3.84. The lowest BCUT2D eigenvalue weighted by atomic mass is 9.79. The van der Waals surface area contributed by atoms with Crippen LogP contribution in [0.25, 0.3) is 6.08 Å². The topological polar surface area (TPSA) is 46.2 Å². The first-order valence-electron chi connectivity index (χ1n) is 12.1. The molecule has 0 saturated carbocycles. The van der Waals surface area contributed by atoms with E-state index in [1.165, 1.54) is 0 Å². The van der Waals surface area contributed by atoms with Crippen LogP contribution in [-0.2, 0) is 11.3 Å². The molecule has 5 heteroatoms. The summed E-state index contributed by atoms with van der Waals surface area (Å²) in [7, 11) is 1.70. The predicted octanol–water partition coefficient (Wildman–Crippen LogP) is 6.38. The van der Waals surface area contributed by atoms with Gasteiger partial charge in [0.1, 0.15) is 41.3 Å². The molecule has 3 heterocycles. The van der Waals surface area contributed by atoms with Crippen molar-refractivity contribution in [3.8, 4) is 23.0 Å². The van der Waals surface area contributed by atoms with Gasteiger partial charge in [0.05, 0.1) is 31.3 Å². The second-order valence-corrected chi connectivity index (χ2v) is 10.0. The fourth-order valence-corrected chi connectivity index (χ4v) is 5.32. The van der Waals surface area contributed by atoms with E-state index < -0.39 is 0 Å². The Bertz CT molecular complexity index is 1290. The highest BCUT2D eigenvalue weighted by Gasteiger charge is 2.46. The summed E-state index contributed by atoms with van der Waals surface area (Å²) in [5.41, 5.74) is 4.86. The van der Waals surface area contributed by atoms with Gasteiger partial charge < -0.3 is 23.7 Å². The third-order valence-corrected chi connectivity index (χ3v) is 7.08. The molecule has 0 N–H and O–H groups in total. The Labute approximate surface area is 206 Å². The Morgan fingerprint density at radius 3 is 2.63 bits per heavy atom. The van der Waals surface area contributed by atoms with Crippen molar-refractivity contribution in [1.82, 2.24) is 0 Å². The molecule has 0 saturated heterocycles. The molecule has 5 nitrogen and oxygen atoms in total. The highest BCUT2D eigenvalue weighted by atomic mass is 16.6. The molecule has 3 aliphatic rings. The largest absolute Gasteiger partial charge is 0.496 e.